The maximum absolute atomic E-state index is 13.4. The highest BCUT2D eigenvalue weighted by atomic mass is 35.5. The molecule has 0 fully saturated rings. The van der Waals surface area contributed by atoms with Gasteiger partial charge in [-0.25, -0.2) is 13.6 Å². The van der Waals surface area contributed by atoms with Crippen molar-refractivity contribution in [3.8, 4) is 11.5 Å². The molecule has 39 heavy (non-hydrogen) atoms. The standard InChI is InChI=1S/C28H28ClN3O6S/c1-18-24(17-27(33)31-14-3-15-38-21-8-11-23(12-9-21)39(30,35)36)25-16-22(37-2)10-13-26(25)32(18)28(34)19-4-6-20(29)7-5-19/h4-13,16H,3,14-15,17H2,1-2H3,(H,31,33)(H2,30,35,36). The molecule has 0 atom stereocenters. The first-order chi connectivity index (χ1) is 18.6. The van der Waals surface area contributed by atoms with Gasteiger partial charge >= 0.3 is 0 Å². The van der Waals surface area contributed by atoms with Crippen LogP contribution in [0.2, 0.25) is 5.02 Å². The minimum atomic E-state index is -3.76. The quantitative estimate of drug-likeness (QED) is 0.277. The average Bonchev–Trinajstić information content (AvgIpc) is 3.18. The van der Waals surface area contributed by atoms with Crippen LogP contribution in [0.5, 0.6) is 11.5 Å². The zero-order valence-electron chi connectivity index (χ0n) is 21.4. The molecule has 1 aromatic heterocycles. The second kappa shape index (κ2) is 11.9. The maximum atomic E-state index is 13.4. The zero-order valence-corrected chi connectivity index (χ0v) is 23.0. The van der Waals surface area contributed by atoms with Crippen molar-refractivity contribution in [3.63, 3.8) is 0 Å². The lowest BCUT2D eigenvalue weighted by Crippen LogP contribution is -2.27. The Balaban J connectivity index is 1.42. The molecule has 0 unspecified atom stereocenters. The normalized spacial score (nSPS) is 11.4. The number of nitrogens with zero attached hydrogens (tertiary/aromatic N) is 1. The molecule has 4 rings (SSSR count). The highest BCUT2D eigenvalue weighted by Gasteiger charge is 2.22. The molecule has 11 heteroatoms. The summed E-state index contributed by atoms with van der Waals surface area (Å²) in [6.45, 7) is 2.51. The number of rotatable bonds is 10. The molecule has 4 aromatic rings. The lowest BCUT2D eigenvalue weighted by Gasteiger charge is -2.09. The third-order valence-corrected chi connectivity index (χ3v) is 7.42. The third-order valence-electron chi connectivity index (χ3n) is 6.24. The van der Waals surface area contributed by atoms with Gasteiger partial charge in [0.05, 0.1) is 30.5 Å². The molecular weight excluding hydrogens is 542 g/mol. The Morgan fingerprint density at radius 2 is 1.67 bits per heavy atom. The Hall–Kier alpha value is -3.86. The number of sulfonamides is 1. The van der Waals surface area contributed by atoms with Crippen LogP contribution in [0.1, 0.15) is 28.0 Å². The molecule has 0 saturated heterocycles. The number of carbonyl (C=O) groups is 2. The van der Waals surface area contributed by atoms with E-state index in [-0.39, 0.29) is 23.1 Å². The predicted octanol–water partition coefficient (Wildman–Crippen LogP) is 4.08. The summed E-state index contributed by atoms with van der Waals surface area (Å²) in [5.74, 6) is 0.697. The van der Waals surface area contributed by atoms with E-state index in [0.29, 0.717) is 52.9 Å². The van der Waals surface area contributed by atoms with Crippen molar-refractivity contribution >= 4 is 44.3 Å². The van der Waals surface area contributed by atoms with Crippen molar-refractivity contribution in [2.45, 2.75) is 24.7 Å². The first-order valence-electron chi connectivity index (χ1n) is 12.1. The fraction of sp³-hybridized carbons (Fsp3) is 0.214. The number of nitrogens with one attached hydrogen (secondary N) is 1. The van der Waals surface area contributed by atoms with E-state index in [1.165, 1.54) is 24.3 Å². The summed E-state index contributed by atoms with van der Waals surface area (Å²) >= 11 is 5.99. The fourth-order valence-corrected chi connectivity index (χ4v) is 4.88. The molecule has 3 N–H and O–H groups in total. The number of fused-ring (bicyclic) bond motifs is 1. The second-order valence-corrected chi connectivity index (χ2v) is 10.8. The monoisotopic (exact) mass is 569 g/mol. The molecule has 9 nitrogen and oxygen atoms in total. The molecule has 1 heterocycles. The van der Waals surface area contributed by atoms with Gasteiger partial charge in [-0.3, -0.25) is 14.2 Å². The lowest BCUT2D eigenvalue weighted by molar-refractivity contribution is -0.120. The largest absolute Gasteiger partial charge is 0.497 e. The second-order valence-electron chi connectivity index (χ2n) is 8.84. The average molecular weight is 570 g/mol. The number of nitrogens with two attached hydrogens (primary N) is 1. The first kappa shape index (κ1) is 28.2. The molecule has 0 radical (unpaired) electrons. The number of hydrogen-bond acceptors (Lipinski definition) is 6. The summed E-state index contributed by atoms with van der Waals surface area (Å²) in [6, 6.07) is 17.9. The summed E-state index contributed by atoms with van der Waals surface area (Å²) < 4.78 is 35.3. The predicted molar refractivity (Wildman–Crippen MR) is 149 cm³/mol. The molecule has 0 aliphatic carbocycles. The summed E-state index contributed by atoms with van der Waals surface area (Å²) in [4.78, 5) is 26.3. The zero-order chi connectivity index (χ0) is 28.2. The first-order valence-corrected chi connectivity index (χ1v) is 14.0. The van der Waals surface area contributed by atoms with E-state index >= 15 is 0 Å². The molecule has 1 amide bonds. The number of ether oxygens (including phenoxy) is 2. The molecule has 3 aromatic carbocycles. The van der Waals surface area contributed by atoms with Gasteiger partial charge in [0.2, 0.25) is 15.9 Å². The van der Waals surface area contributed by atoms with Crippen LogP contribution >= 0.6 is 11.6 Å². The van der Waals surface area contributed by atoms with Gasteiger partial charge in [-0.15, -0.1) is 0 Å². The van der Waals surface area contributed by atoms with Crippen LogP contribution in [0.3, 0.4) is 0 Å². The minimum Gasteiger partial charge on any atom is -0.497 e. The van der Waals surface area contributed by atoms with Gasteiger partial charge in [0, 0.05) is 28.2 Å². The Morgan fingerprint density at radius 1 is 1.00 bits per heavy atom. The van der Waals surface area contributed by atoms with Crippen molar-refractivity contribution in [1.29, 1.82) is 0 Å². The number of benzene rings is 3. The molecule has 204 valence electrons. The number of methoxy groups -OCH3 is 1. The van der Waals surface area contributed by atoms with Gasteiger partial charge < -0.3 is 14.8 Å². The number of carbonyl (C=O) groups excluding carboxylic acids is 2. The van der Waals surface area contributed by atoms with E-state index in [2.05, 4.69) is 5.32 Å². The summed E-state index contributed by atoms with van der Waals surface area (Å²) in [5.41, 5.74) is 2.55. The topological polar surface area (TPSA) is 130 Å². The third kappa shape index (κ3) is 6.59. The van der Waals surface area contributed by atoms with Crippen LogP contribution in [0, 0.1) is 6.92 Å². The van der Waals surface area contributed by atoms with Gasteiger partial charge in [-0.1, -0.05) is 11.6 Å². The Bertz CT molecular complexity index is 1610. The molecular formula is C28H28ClN3O6S. The lowest BCUT2D eigenvalue weighted by atomic mass is 10.1. The summed E-state index contributed by atoms with van der Waals surface area (Å²) in [5, 5.41) is 9.28. The van der Waals surface area contributed by atoms with E-state index in [1.807, 2.05) is 19.1 Å². The van der Waals surface area contributed by atoms with Crippen molar-refractivity contribution in [3.05, 3.63) is 88.6 Å². The van der Waals surface area contributed by atoms with Crippen LogP contribution in [0.25, 0.3) is 10.9 Å². The number of hydrogen-bond donors (Lipinski definition) is 2. The van der Waals surface area contributed by atoms with Crippen LogP contribution in [-0.4, -0.2) is 45.1 Å². The van der Waals surface area contributed by atoms with Crippen LogP contribution < -0.4 is 19.9 Å². The van der Waals surface area contributed by atoms with Gasteiger partial charge in [-0.05, 0) is 85.6 Å². The van der Waals surface area contributed by atoms with Gasteiger partial charge in [0.25, 0.3) is 5.91 Å². The highest BCUT2D eigenvalue weighted by molar-refractivity contribution is 7.89. The molecule has 0 saturated carbocycles. The van der Waals surface area contributed by atoms with Crippen molar-refractivity contribution in [1.82, 2.24) is 9.88 Å². The number of halogens is 1. The van der Waals surface area contributed by atoms with E-state index in [9.17, 15) is 18.0 Å². The van der Waals surface area contributed by atoms with Crippen LogP contribution in [0.15, 0.2) is 71.6 Å². The van der Waals surface area contributed by atoms with Gasteiger partial charge in [-0.2, -0.15) is 0 Å². The summed E-state index contributed by atoms with van der Waals surface area (Å²) in [6.07, 6.45) is 0.610. The fourth-order valence-electron chi connectivity index (χ4n) is 4.23. The minimum absolute atomic E-state index is 0.00579. The molecule has 0 aliphatic rings. The maximum Gasteiger partial charge on any atom is 0.262 e. The molecule has 0 aliphatic heterocycles. The van der Waals surface area contributed by atoms with Gasteiger partial charge in [0.1, 0.15) is 11.5 Å². The van der Waals surface area contributed by atoms with Crippen LogP contribution in [0.4, 0.5) is 0 Å². The van der Waals surface area contributed by atoms with E-state index in [4.69, 9.17) is 26.2 Å². The number of aromatic nitrogens is 1. The van der Waals surface area contributed by atoms with E-state index in [0.717, 1.165) is 10.9 Å². The van der Waals surface area contributed by atoms with E-state index in [1.54, 1.807) is 42.0 Å². The van der Waals surface area contributed by atoms with Crippen molar-refractivity contribution < 1.29 is 27.5 Å². The Morgan fingerprint density at radius 3 is 2.31 bits per heavy atom. The van der Waals surface area contributed by atoms with Crippen LogP contribution in [-0.2, 0) is 21.2 Å². The Labute approximate surface area is 231 Å². The smallest absolute Gasteiger partial charge is 0.262 e. The van der Waals surface area contributed by atoms with Gasteiger partial charge in [0.15, 0.2) is 0 Å². The molecule has 0 spiro atoms. The van der Waals surface area contributed by atoms with Crippen molar-refractivity contribution in [2.24, 2.45) is 5.14 Å². The number of amides is 1. The highest BCUT2D eigenvalue weighted by Crippen LogP contribution is 2.31. The number of primary sulfonamides is 1. The SMILES string of the molecule is COc1ccc2c(c1)c(CC(=O)NCCCOc1ccc(S(N)(=O)=O)cc1)c(C)n2C(=O)c1ccc(Cl)cc1. The van der Waals surface area contributed by atoms with E-state index < -0.39 is 10.0 Å². The molecule has 0 bridgehead atoms. The summed E-state index contributed by atoms with van der Waals surface area (Å²) in [7, 11) is -2.20. The Kier molecular flexibility index (Phi) is 8.59. The van der Waals surface area contributed by atoms with Crippen molar-refractivity contribution in [2.75, 3.05) is 20.3 Å².